The highest BCUT2D eigenvalue weighted by Crippen LogP contribution is 2.18. The van der Waals surface area contributed by atoms with Gasteiger partial charge in [-0.3, -0.25) is 9.69 Å². The number of nitrogens with zero attached hydrogens (tertiary/aromatic N) is 2. The molecule has 1 aromatic rings. The van der Waals surface area contributed by atoms with Gasteiger partial charge in [0, 0.05) is 26.2 Å². The number of methoxy groups -OCH3 is 1. The Morgan fingerprint density at radius 3 is 2.21 bits per heavy atom. The Kier molecular flexibility index (Phi) is 8.18. The molecule has 1 N–H and O–H groups in total. The SMILES string of the molecule is COC(=O)[C@H](CC(C)C)NC(=O)CN1CCN(S(=O)(=O)c2ccc(C)cc2)CC1. The molecule has 0 bridgehead atoms. The van der Waals surface area contributed by atoms with E-state index in [2.05, 4.69) is 5.32 Å². The Morgan fingerprint density at radius 1 is 1.10 bits per heavy atom. The van der Waals surface area contributed by atoms with Crippen LogP contribution in [0, 0.1) is 12.8 Å². The molecule has 0 aromatic heterocycles. The molecule has 2 rings (SSSR count). The number of aryl methyl sites for hydroxylation is 1. The average Bonchev–Trinajstić information content (AvgIpc) is 2.67. The van der Waals surface area contributed by atoms with E-state index in [1.165, 1.54) is 11.4 Å². The minimum Gasteiger partial charge on any atom is -0.467 e. The molecule has 0 saturated carbocycles. The Morgan fingerprint density at radius 2 is 1.69 bits per heavy atom. The number of carbonyl (C=O) groups excluding carboxylic acids is 2. The number of ether oxygens (including phenoxy) is 1. The number of nitrogens with one attached hydrogen (secondary N) is 1. The van der Waals surface area contributed by atoms with Crippen molar-refractivity contribution in [1.29, 1.82) is 0 Å². The third kappa shape index (κ3) is 6.52. The van der Waals surface area contributed by atoms with Crippen LogP contribution in [0.2, 0.25) is 0 Å². The van der Waals surface area contributed by atoms with E-state index >= 15 is 0 Å². The summed E-state index contributed by atoms with van der Waals surface area (Å²) in [5.74, 6) is -0.494. The van der Waals surface area contributed by atoms with Gasteiger partial charge in [-0.05, 0) is 31.4 Å². The molecule has 8 nitrogen and oxygen atoms in total. The summed E-state index contributed by atoms with van der Waals surface area (Å²) in [4.78, 5) is 26.4. The van der Waals surface area contributed by atoms with Gasteiger partial charge in [-0.1, -0.05) is 31.5 Å². The molecule has 1 atom stereocenters. The van der Waals surface area contributed by atoms with Crippen molar-refractivity contribution in [2.75, 3.05) is 39.8 Å². The van der Waals surface area contributed by atoms with Crippen molar-refractivity contribution >= 4 is 21.9 Å². The van der Waals surface area contributed by atoms with Gasteiger partial charge < -0.3 is 10.1 Å². The molecule has 1 heterocycles. The van der Waals surface area contributed by atoms with Gasteiger partial charge in [0.2, 0.25) is 15.9 Å². The molecular formula is C20H31N3O5S. The normalized spacial score (nSPS) is 17.1. The van der Waals surface area contributed by atoms with Crippen LogP contribution in [0.3, 0.4) is 0 Å². The molecule has 1 aromatic carbocycles. The number of hydrogen-bond acceptors (Lipinski definition) is 6. The Bertz CT molecular complexity index is 800. The number of carbonyl (C=O) groups is 2. The summed E-state index contributed by atoms with van der Waals surface area (Å²) in [6.45, 7) is 7.49. The Hall–Kier alpha value is -1.97. The lowest BCUT2D eigenvalue weighted by Gasteiger charge is -2.33. The van der Waals surface area contributed by atoms with Gasteiger partial charge >= 0.3 is 5.97 Å². The van der Waals surface area contributed by atoms with Crippen LogP contribution in [0.4, 0.5) is 0 Å². The molecule has 0 unspecified atom stereocenters. The zero-order valence-corrected chi connectivity index (χ0v) is 18.4. The van der Waals surface area contributed by atoms with Gasteiger partial charge in [0.05, 0.1) is 18.6 Å². The fourth-order valence-corrected chi connectivity index (χ4v) is 4.68. The van der Waals surface area contributed by atoms with Gasteiger partial charge in [0.25, 0.3) is 0 Å². The monoisotopic (exact) mass is 425 g/mol. The van der Waals surface area contributed by atoms with Crippen molar-refractivity contribution < 1.29 is 22.7 Å². The predicted molar refractivity (Wildman–Crippen MR) is 110 cm³/mol. The molecule has 1 saturated heterocycles. The lowest BCUT2D eigenvalue weighted by atomic mass is 10.0. The fourth-order valence-electron chi connectivity index (χ4n) is 3.26. The fraction of sp³-hybridized carbons (Fsp3) is 0.600. The molecule has 0 radical (unpaired) electrons. The van der Waals surface area contributed by atoms with Crippen LogP contribution in [0.1, 0.15) is 25.8 Å². The van der Waals surface area contributed by atoms with E-state index in [1.807, 2.05) is 25.7 Å². The Labute approximate surface area is 173 Å². The van der Waals surface area contributed by atoms with E-state index in [-0.39, 0.29) is 23.3 Å². The summed E-state index contributed by atoms with van der Waals surface area (Å²) in [6.07, 6.45) is 0.501. The van der Waals surface area contributed by atoms with E-state index in [0.717, 1.165) is 5.56 Å². The maximum Gasteiger partial charge on any atom is 0.328 e. The zero-order valence-electron chi connectivity index (χ0n) is 17.6. The van der Waals surface area contributed by atoms with Crippen molar-refractivity contribution in [2.24, 2.45) is 5.92 Å². The van der Waals surface area contributed by atoms with Gasteiger partial charge in [-0.15, -0.1) is 0 Å². The molecule has 1 amide bonds. The van der Waals surface area contributed by atoms with E-state index in [9.17, 15) is 18.0 Å². The van der Waals surface area contributed by atoms with Crippen LogP contribution in [0.15, 0.2) is 29.2 Å². The molecule has 162 valence electrons. The lowest BCUT2D eigenvalue weighted by molar-refractivity contribution is -0.145. The summed E-state index contributed by atoms with van der Waals surface area (Å²) in [5.41, 5.74) is 1.00. The van der Waals surface area contributed by atoms with Crippen molar-refractivity contribution in [1.82, 2.24) is 14.5 Å². The van der Waals surface area contributed by atoms with E-state index in [1.54, 1.807) is 24.3 Å². The summed E-state index contributed by atoms with van der Waals surface area (Å²) in [6, 6.07) is 6.12. The topological polar surface area (TPSA) is 96.0 Å². The smallest absolute Gasteiger partial charge is 0.328 e. The minimum absolute atomic E-state index is 0.115. The number of esters is 1. The maximum atomic E-state index is 12.8. The number of piperazine rings is 1. The van der Waals surface area contributed by atoms with Gasteiger partial charge in [0.1, 0.15) is 6.04 Å². The van der Waals surface area contributed by atoms with Crippen molar-refractivity contribution in [2.45, 2.75) is 38.1 Å². The van der Waals surface area contributed by atoms with Gasteiger partial charge in [-0.2, -0.15) is 4.31 Å². The summed E-state index contributed by atoms with van der Waals surface area (Å²) in [7, 11) is -2.23. The average molecular weight is 426 g/mol. The number of hydrogen-bond donors (Lipinski definition) is 1. The highest BCUT2D eigenvalue weighted by molar-refractivity contribution is 7.89. The summed E-state index contributed by atoms with van der Waals surface area (Å²) in [5, 5.41) is 2.73. The highest BCUT2D eigenvalue weighted by Gasteiger charge is 2.30. The molecule has 1 aliphatic heterocycles. The first kappa shape index (κ1) is 23.3. The van der Waals surface area contributed by atoms with Crippen LogP contribution >= 0.6 is 0 Å². The summed E-state index contributed by atoms with van der Waals surface area (Å²) >= 11 is 0. The van der Waals surface area contributed by atoms with Crippen molar-refractivity contribution in [3.8, 4) is 0 Å². The molecular weight excluding hydrogens is 394 g/mol. The van der Waals surface area contributed by atoms with Gasteiger partial charge in [0.15, 0.2) is 0 Å². The zero-order chi connectivity index (χ0) is 21.6. The first-order valence-corrected chi connectivity index (χ1v) is 11.2. The third-order valence-corrected chi connectivity index (χ3v) is 6.80. The standard InChI is InChI=1S/C20H31N3O5S/c1-15(2)13-18(20(25)28-4)21-19(24)14-22-9-11-23(12-10-22)29(26,27)17-7-5-16(3)6-8-17/h5-8,15,18H,9-14H2,1-4H3,(H,21,24)/t18-/m0/s1. The third-order valence-electron chi connectivity index (χ3n) is 4.89. The van der Waals surface area contributed by atoms with Gasteiger partial charge in [-0.25, -0.2) is 13.2 Å². The largest absolute Gasteiger partial charge is 0.467 e. The van der Waals surface area contributed by atoms with Crippen LogP contribution in [0.5, 0.6) is 0 Å². The van der Waals surface area contributed by atoms with Crippen LogP contribution in [-0.4, -0.2) is 75.4 Å². The second-order valence-electron chi connectivity index (χ2n) is 7.77. The first-order chi connectivity index (χ1) is 13.6. The first-order valence-electron chi connectivity index (χ1n) is 9.80. The van der Waals surface area contributed by atoms with Crippen molar-refractivity contribution in [3.63, 3.8) is 0 Å². The van der Waals surface area contributed by atoms with Crippen LogP contribution in [0.25, 0.3) is 0 Å². The number of benzene rings is 1. The maximum absolute atomic E-state index is 12.8. The molecule has 29 heavy (non-hydrogen) atoms. The second-order valence-corrected chi connectivity index (χ2v) is 9.70. The number of sulfonamides is 1. The Balaban J connectivity index is 1.89. The lowest BCUT2D eigenvalue weighted by Crippen LogP contribution is -2.52. The molecule has 0 aliphatic carbocycles. The van der Waals surface area contributed by atoms with Crippen molar-refractivity contribution in [3.05, 3.63) is 29.8 Å². The van der Waals surface area contributed by atoms with E-state index in [0.29, 0.717) is 32.6 Å². The van der Waals surface area contributed by atoms with E-state index < -0.39 is 22.0 Å². The molecule has 0 spiro atoms. The van der Waals surface area contributed by atoms with Crippen LogP contribution < -0.4 is 5.32 Å². The molecule has 1 aliphatic rings. The molecule has 1 fully saturated rings. The second kappa shape index (κ2) is 10.2. The minimum atomic E-state index is -3.53. The quantitative estimate of drug-likeness (QED) is 0.625. The number of amides is 1. The van der Waals surface area contributed by atoms with E-state index in [4.69, 9.17) is 4.74 Å². The number of rotatable bonds is 8. The summed E-state index contributed by atoms with van der Waals surface area (Å²) < 4.78 is 31.7. The predicted octanol–water partition coefficient (Wildman–Crippen LogP) is 1.01. The highest BCUT2D eigenvalue weighted by atomic mass is 32.2. The molecule has 9 heteroatoms. The van der Waals surface area contributed by atoms with Crippen LogP contribution in [-0.2, 0) is 24.3 Å².